The van der Waals surface area contributed by atoms with Crippen molar-refractivity contribution in [3.8, 4) is 5.75 Å². The van der Waals surface area contributed by atoms with Crippen LogP contribution in [0.3, 0.4) is 0 Å². The number of hydrogen-bond donors (Lipinski definition) is 3. The predicted molar refractivity (Wildman–Crippen MR) is 52.2 cm³/mol. The molecule has 1 rings (SSSR count). The molecule has 4 N–H and O–H groups in total. The molecule has 76 valence electrons. The first-order chi connectivity index (χ1) is 6.50. The Bertz CT molecular complexity index is 349. The van der Waals surface area contributed by atoms with Gasteiger partial charge in [0, 0.05) is 0 Å². The molecule has 14 heavy (non-hydrogen) atoms. The molecule has 4 heteroatoms. The summed E-state index contributed by atoms with van der Waals surface area (Å²) >= 11 is 0. The van der Waals surface area contributed by atoms with Crippen LogP contribution in [-0.2, 0) is 11.2 Å². The van der Waals surface area contributed by atoms with Gasteiger partial charge in [-0.25, -0.2) is 0 Å². The van der Waals surface area contributed by atoms with Crippen LogP contribution in [0.1, 0.15) is 11.1 Å². The Labute approximate surface area is 82.0 Å². The highest BCUT2D eigenvalue weighted by molar-refractivity contribution is 5.73. The van der Waals surface area contributed by atoms with Crippen molar-refractivity contribution in [2.75, 3.05) is 0 Å². The third-order valence-electron chi connectivity index (χ3n) is 2.08. The van der Waals surface area contributed by atoms with Crippen molar-refractivity contribution in [3.05, 3.63) is 29.3 Å². The molecule has 0 bridgehead atoms. The fraction of sp³-hybridized carbons (Fsp3) is 0.300. The molecule has 0 fully saturated rings. The van der Waals surface area contributed by atoms with E-state index in [4.69, 9.17) is 15.9 Å². The first-order valence-electron chi connectivity index (χ1n) is 4.27. The lowest BCUT2D eigenvalue weighted by Gasteiger charge is -2.09. The third kappa shape index (κ3) is 2.47. The minimum Gasteiger partial charge on any atom is -0.508 e. The van der Waals surface area contributed by atoms with Crippen molar-refractivity contribution < 1.29 is 15.0 Å². The molecule has 0 saturated heterocycles. The summed E-state index contributed by atoms with van der Waals surface area (Å²) < 4.78 is 0. The number of benzene rings is 1. The van der Waals surface area contributed by atoms with E-state index < -0.39 is 12.0 Å². The molecular weight excluding hydrogens is 182 g/mol. The van der Waals surface area contributed by atoms with Gasteiger partial charge in [-0.15, -0.1) is 0 Å². The predicted octanol–water partition coefficient (Wildman–Crippen LogP) is 0.655. The van der Waals surface area contributed by atoms with Crippen LogP contribution in [0.2, 0.25) is 0 Å². The summed E-state index contributed by atoms with van der Waals surface area (Å²) in [5.74, 6) is -0.840. The maximum absolute atomic E-state index is 10.5. The maximum Gasteiger partial charge on any atom is 0.320 e. The molecule has 0 aromatic heterocycles. The topological polar surface area (TPSA) is 83.5 Å². The van der Waals surface area contributed by atoms with Crippen molar-refractivity contribution >= 4 is 5.97 Å². The lowest BCUT2D eigenvalue weighted by atomic mass is 10.0. The van der Waals surface area contributed by atoms with Crippen LogP contribution in [0.15, 0.2) is 18.2 Å². The van der Waals surface area contributed by atoms with E-state index in [1.54, 1.807) is 12.1 Å². The SMILES string of the molecule is Cc1cc(O)ccc1C[C@H](N)C(=O)O. The first kappa shape index (κ1) is 10.5. The number of carboxylic acids is 1. The molecule has 4 nitrogen and oxygen atoms in total. The summed E-state index contributed by atoms with van der Waals surface area (Å²) in [5, 5.41) is 17.7. The second-order valence-electron chi connectivity index (χ2n) is 3.26. The minimum atomic E-state index is -1.02. The van der Waals surface area contributed by atoms with Crippen molar-refractivity contribution in [1.29, 1.82) is 0 Å². The summed E-state index contributed by atoms with van der Waals surface area (Å²) in [7, 11) is 0. The number of carbonyl (C=O) groups is 1. The quantitative estimate of drug-likeness (QED) is 0.661. The fourth-order valence-electron chi connectivity index (χ4n) is 1.23. The molecule has 0 radical (unpaired) electrons. The van der Waals surface area contributed by atoms with E-state index in [0.29, 0.717) is 0 Å². The van der Waals surface area contributed by atoms with E-state index >= 15 is 0 Å². The van der Waals surface area contributed by atoms with Gasteiger partial charge in [0.2, 0.25) is 0 Å². The van der Waals surface area contributed by atoms with Crippen LogP contribution in [-0.4, -0.2) is 22.2 Å². The smallest absolute Gasteiger partial charge is 0.320 e. The van der Waals surface area contributed by atoms with Crippen LogP contribution >= 0.6 is 0 Å². The Morgan fingerprint density at radius 2 is 2.21 bits per heavy atom. The summed E-state index contributed by atoms with van der Waals surface area (Å²) in [4.78, 5) is 10.5. The number of rotatable bonds is 3. The van der Waals surface area contributed by atoms with E-state index in [1.165, 1.54) is 6.07 Å². The van der Waals surface area contributed by atoms with Gasteiger partial charge in [-0.2, -0.15) is 0 Å². The summed E-state index contributed by atoms with van der Waals surface area (Å²) in [5.41, 5.74) is 7.09. The number of phenols is 1. The molecule has 1 atom stereocenters. The zero-order valence-electron chi connectivity index (χ0n) is 7.90. The molecule has 0 aliphatic heterocycles. The molecule has 1 aromatic carbocycles. The molecule has 0 aliphatic carbocycles. The van der Waals surface area contributed by atoms with E-state index in [0.717, 1.165) is 11.1 Å². The lowest BCUT2D eigenvalue weighted by Crippen LogP contribution is -2.32. The molecule has 0 aliphatic rings. The number of nitrogens with two attached hydrogens (primary N) is 1. The van der Waals surface area contributed by atoms with E-state index in [-0.39, 0.29) is 12.2 Å². The Hall–Kier alpha value is -1.55. The number of phenolic OH excluding ortho intramolecular Hbond substituents is 1. The highest BCUT2D eigenvalue weighted by Crippen LogP contribution is 2.16. The Morgan fingerprint density at radius 3 is 2.71 bits per heavy atom. The van der Waals surface area contributed by atoms with Crippen LogP contribution in [0.5, 0.6) is 5.75 Å². The third-order valence-corrected chi connectivity index (χ3v) is 2.08. The molecule has 0 amide bonds. The average Bonchev–Trinajstić information content (AvgIpc) is 2.09. The van der Waals surface area contributed by atoms with Crippen LogP contribution in [0.25, 0.3) is 0 Å². The van der Waals surface area contributed by atoms with Crippen molar-refractivity contribution in [1.82, 2.24) is 0 Å². The summed E-state index contributed by atoms with van der Waals surface area (Å²) in [6.07, 6.45) is 0.279. The van der Waals surface area contributed by atoms with Gasteiger partial charge in [-0.3, -0.25) is 4.79 Å². The Morgan fingerprint density at radius 1 is 1.57 bits per heavy atom. The molecular formula is C10H13NO3. The number of aryl methyl sites for hydroxylation is 1. The molecule has 1 aromatic rings. The fourth-order valence-corrected chi connectivity index (χ4v) is 1.23. The minimum absolute atomic E-state index is 0.176. The first-order valence-corrected chi connectivity index (χ1v) is 4.27. The van der Waals surface area contributed by atoms with Crippen LogP contribution < -0.4 is 5.73 Å². The van der Waals surface area contributed by atoms with Crippen LogP contribution in [0, 0.1) is 6.92 Å². The van der Waals surface area contributed by atoms with Gasteiger partial charge in [0.25, 0.3) is 0 Å². The van der Waals surface area contributed by atoms with Gasteiger partial charge in [-0.1, -0.05) is 6.07 Å². The van der Waals surface area contributed by atoms with Crippen molar-refractivity contribution in [2.45, 2.75) is 19.4 Å². The van der Waals surface area contributed by atoms with Gasteiger partial charge < -0.3 is 15.9 Å². The Kier molecular flexibility index (Phi) is 3.09. The van der Waals surface area contributed by atoms with E-state index in [9.17, 15) is 4.79 Å². The highest BCUT2D eigenvalue weighted by Gasteiger charge is 2.13. The number of aliphatic carboxylic acids is 1. The second kappa shape index (κ2) is 4.11. The van der Waals surface area contributed by atoms with Crippen LogP contribution in [0.4, 0.5) is 0 Å². The van der Waals surface area contributed by atoms with Gasteiger partial charge in [0.05, 0.1) is 0 Å². The number of carboxylic acid groups (broad SMARTS) is 1. The summed E-state index contributed by atoms with van der Waals surface area (Å²) in [6, 6.07) is 3.91. The monoisotopic (exact) mass is 195 g/mol. The molecule has 0 unspecified atom stereocenters. The number of hydrogen-bond acceptors (Lipinski definition) is 3. The molecule has 0 spiro atoms. The molecule has 0 heterocycles. The zero-order valence-corrected chi connectivity index (χ0v) is 7.90. The number of aromatic hydroxyl groups is 1. The lowest BCUT2D eigenvalue weighted by molar-refractivity contribution is -0.138. The highest BCUT2D eigenvalue weighted by atomic mass is 16.4. The van der Waals surface area contributed by atoms with E-state index in [2.05, 4.69) is 0 Å². The van der Waals surface area contributed by atoms with Gasteiger partial charge in [0.15, 0.2) is 0 Å². The van der Waals surface area contributed by atoms with Gasteiger partial charge in [-0.05, 0) is 36.6 Å². The second-order valence-corrected chi connectivity index (χ2v) is 3.26. The molecule has 0 saturated carbocycles. The van der Waals surface area contributed by atoms with Crippen molar-refractivity contribution in [3.63, 3.8) is 0 Å². The van der Waals surface area contributed by atoms with Gasteiger partial charge >= 0.3 is 5.97 Å². The summed E-state index contributed by atoms with van der Waals surface area (Å²) in [6.45, 7) is 1.81. The zero-order chi connectivity index (χ0) is 10.7. The average molecular weight is 195 g/mol. The maximum atomic E-state index is 10.5. The van der Waals surface area contributed by atoms with E-state index in [1.807, 2.05) is 6.92 Å². The Balaban J connectivity index is 2.82. The largest absolute Gasteiger partial charge is 0.508 e. The normalized spacial score (nSPS) is 12.4. The standard InChI is InChI=1S/C10H13NO3/c1-6-4-8(12)3-2-7(6)5-9(11)10(13)14/h2-4,9,12H,5,11H2,1H3,(H,13,14)/t9-/m0/s1. The van der Waals surface area contributed by atoms with Crippen molar-refractivity contribution in [2.24, 2.45) is 5.73 Å². The van der Waals surface area contributed by atoms with Gasteiger partial charge in [0.1, 0.15) is 11.8 Å².